The Morgan fingerprint density at radius 2 is 2.05 bits per heavy atom. The van der Waals surface area contributed by atoms with E-state index in [4.69, 9.17) is 4.74 Å². The van der Waals surface area contributed by atoms with Crippen molar-refractivity contribution in [3.05, 3.63) is 35.9 Å². The van der Waals surface area contributed by atoms with E-state index in [2.05, 4.69) is 49.3 Å². The van der Waals surface area contributed by atoms with Gasteiger partial charge in [0.2, 0.25) is 5.88 Å². The average Bonchev–Trinajstić information content (AvgIpc) is 2.47. The van der Waals surface area contributed by atoms with Crippen LogP contribution in [-0.4, -0.2) is 17.6 Å². The first-order valence-electron chi connectivity index (χ1n) is 7.50. The van der Waals surface area contributed by atoms with Crippen molar-refractivity contribution in [2.45, 2.75) is 46.3 Å². The first-order chi connectivity index (χ1) is 9.74. The molecular weight excluding hydrogens is 248 g/mol. The van der Waals surface area contributed by atoms with Crippen LogP contribution in [0.5, 0.6) is 5.88 Å². The third kappa shape index (κ3) is 3.70. The second kappa shape index (κ2) is 7.25. The van der Waals surface area contributed by atoms with Crippen molar-refractivity contribution < 1.29 is 4.74 Å². The van der Waals surface area contributed by atoms with Crippen molar-refractivity contribution in [2.24, 2.45) is 0 Å². The van der Waals surface area contributed by atoms with Gasteiger partial charge in [-0.15, -0.1) is 0 Å². The maximum atomic E-state index is 5.88. The minimum absolute atomic E-state index is 0.195. The van der Waals surface area contributed by atoms with E-state index in [1.54, 1.807) is 0 Å². The second-order valence-electron chi connectivity index (χ2n) is 5.15. The number of benzene rings is 1. The van der Waals surface area contributed by atoms with E-state index in [0.29, 0.717) is 0 Å². The van der Waals surface area contributed by atoms with E-state index in [9.17, 15) is 0 Å². The molecule has 0 aliphatic rings. The molecule has 0 saturated heterocycles. The van der Waals surface area contributed by atoms with Gasteiger partial charge in [0, 0.05) is 18.0 Å². The minimum atomic E-state index is 0.195. The molecule has 0 radical (unpaired) electrons. The first-order valence-corrected chi connectivity index (χ1v) is 7.50. The Bertz CT molecular complexity index is 554. The van der Waals surface area contributed by atoms with E-state index in [0.717, 1.165) is 37.3 Å². The molecule has 108 valence electrons. The number of fused-ring (bicyclic) bond motifs is 1. The van der Waals surface area contributed by atoms with Crippen LogP contribution in [0.1, 0.15) is 39.2 Å². The smallest absolute Gasteiger partial charge is 0.214 e. The SMILES string of the molecule is CCCNCc1cc(OC(C)CC)nc2ccccc12. The van der Waals surface area contributed by atoms with Gasteiger partial charge >= 0.3 is 0 Å². The van der Waals surface area contributed by atoms with Gasteiger partial charge in [-0.05, 0) is 37.9 Å². The van der Waals surface area contributed by atoms with Crippen LogP contribution in [0, 0.1) is 0 Å². The van der Waals surface area contributed by atoms with E-state index in [1.807, 2.05) is 12.1 Å². The summed E-state index contributed by atoms with van der Waals surface area (Å²) in [6, 6.07) is 10.3. The average molecular weight is 272 g/mol. The zero-order valence-corrected chi connectivity index (χ0v) is 12.6. The van der Waals surface area contributed by atoms with Gasteiger partial charge in [-0.2, -0.15) is 0 Å². The molecule has 1 aromatic heterocycles. The van der Waals surface area contributed by atoms with Crippen LogP contribution < -0.4 is 10.1 Å². The Morgan fingerprint density at radius 3 is 2.80 bits per heavy atom. The van der Waals surface area contributed by atoms with E-state index in [-0.39, 0.29) is 6.10 Å². The first kappa shape index (κ1) is 14.8. The summed E-state index contributed by atoms with van der Waals surface area (Å²) in [5.41, 5.74) is 2.25. The Hall–Kier alpha value is -1.61. The van der Waals surface area contributed by atoms with Gasteiger partial charge in [-0.25, -0.2) is 4.98 Å². The van der Waals surface area contributed by atoms with Gasteiger partial charge in [0.15, 0.2) is 0 Å². The predicted octanol–water partition coefficient (Wildman–Crippen LogP) is 3.91. The number of aromatic nitrogens is 1. The van der Waals surface area contributed by atoms with Gasteiger partial charge in [0.05, 0.1) is 11.6 Å². The number of pyridine rings is 1. The Morgan fingerprint density at radius 1 is 1.25 bits per heavy atom. The van der Waals surface area contributed by atoms with E-state index in [1.165, 1.54) is 10.9 Å². The molecule has 20 heavy (non-hydrogen) atoms. The van der Waals surface area contributed by atoms with Crippen molar-refractivity contribution >= 4 is 10.9 Å². The molecule has 0 bridgehead atoms. The van der Waals surface area contributed by atoms with Crippen molar-refractivity contribution in [2.75, 3.05) is 6.54 Å². The fourth-order valence-electron chi connectivity index (χ4n) is 2.12. The number of ether oxygens (including phenoxy) is 1. The van der Waals surface area contributed by atoms with Crippen molar-refractivity contribution in [1.29, 1.82) is 0 Å². The Balaban J connectivity index is 2.30. The third-order valence-electron chi connectivity index (χ3n) is 3.42. The lowest BCUT2D eigenvalue weighted by Crippen LogP contribution is -2.15. The standard InChI is InChI=1S/C17H24N2O/c1-4-10-18-12-14-11-17(20-13(3)5-2)19-16-9-7-6-8-15(14)16/h6-9,11,13,18H,4-5,10,12H2,1-3H3. The number of hydrogen-bond donors (Lipinski definition) is 1. The van der Waals surface area contributed by atoms with Gasteiger partial charge < -0.3 is 10.1 Å². The number of rotatable bonds is 7. The zero-order valence-electron chi connectivity index (χ0n) is 12.6. The molecule has 0 amide bonds. The van der Waals surface area contributed by atoms with Gasteiger partial charge in [-0.3, -0.25) is 0 Å². The molecule has 1 heterocycles. The minimum Gasteiger partial charge on any atom is -0.475 e. The molecular formula is C17H24N2O. The number of nitrogens with one attached hydrogen (secondary N) is 1. The summed E-state index contributed by atoms with van der Waals surface area (Å²) in [4.78, 5) is 4.60. The van der Waals surface area contributed by atoms with Crippen LogP contribution in [0.4, 0.5) is 0 Å². The van der Waals surface area contributed by atoms with Gasteiger partial charge in [0.1, 0.15) is 0 Å². The van der Waals surface area contributed by atoms with Crippen LogP contribution in [0.15, 0.2) is 30.3 Å². The topological polar surface area (TPSA) is 34.1 Å². The maximum Gasteiger partial charge on any atom is 0.214 e. The van der Waals surface area contributed by atoms with Crippen LogP contribution in [0.3, 0.4) is 0 Å². The van der Waals surface area contributed by atoms with Gasteiger partial charge in [-0.1, -0.05) is 32.0 Å². The highest BCUT2D eigenvalue weighted by atomic mass is 16.5. The maximum absolute atomic E-state index is 5.88. The molecule has 3 heteroatoms. The highest BCUT2D eigenvalue weighted by Crippen LogP contribution is 2.23. The summed E-state index contributed by atoms with van der Waals surface area (Å²) >= 11 is 0. The molecule has 1 N–H and O–H groups in total. The lowest BCUT2D eigenvalue weighted by Gasteiger charge is -2.14. The zero-order chi connectivity index (χ0) is 14.4. The lowest BCUT2D eigenvalue weighted by molar-refractivity contribution is 0.209. The molecule has 2 aromatic rings. The van der Waals surface area contributed by atoms with Crippen molar-refractivity contribution in [3.63, 3.8) is 0 Å². The summed E-state index contributed by atoms with van der Waals surface area (Å²) in [6.45, 7) is 8.25. The molecule has 0 saturated carbocycles. The van der Waals surface area contributed by atoms with Crippen LogP contribution in [0.2, 0.25) is 0 Å². The summed E-state index contributed by atoms with van der Waals surface area (Å²) < 4.78 is 5.88. The van der Waals surface area contributed by atoms with Gasteiger partial charge in [0.25, 0.3) is 0 Å². The summed E-state index contributed by atoms with van der Waals surface area (Å²) in [5.74, 6) is 0.728. The van der Waals surface area contributed by atoms with Crippen molar-refractivity contribution in [3.8, 4) is 5.88 Å². The number of hydrogen-bond acceptors (Lipinski definition) is 3. The highest BCUT2D eigenvalue weighted by molar-refractivity contribution is 5.82. The monoisotopic (exact) mass is 272 g/mol. The second-order valence-corrected chi connectivity index (χ2v) is 5.15. The predicted molar refractivity (Wildman–Crippen MR) is 84.1 cm³/mol. The van der Waals surface area contributed by atoms with E-state index < -0.39 is 0 Å². The third-order valence-corrected chi connectivity index (χ3v) is 3.42. The molecule has 0 fully saturated rings. The van der Waals surface area contributed by atoms with Crippen molar-refractivity contribution in [1.82, 2.24) is 10.3 Å². The van der Waals surface area contributed by atoms with E-state index >= 15 is 0 Å². The van der Waals surface area contributed by atoms with Crippen LogP contribution in [-0.2, 0) is 6.54 Å². The summed E-state index contributed by atoms with van der Waals surface area (Å²) in [7, 11) is 0. The molecule has 3 nitrogen and oxygen atoms in total. The van der Waals surface area contributed by atoms with Crippen LogP contribution >= 0.6 is 0 Å². The Labute approximate surface area is 121 Å². The summed E-state index contributed by atoms with van der Waals surface area (Å²) in [5, 5.41) is 4.66. The number of nitrogens with zero attached hydrogens (tertiary/aromatic N) is 1. The normalized spacial score (nSPS) is 12.6. The molecule has 0 spiro atoms. The highest BCUT2D eigenvalue weighted by Gasteiger charge is 2.08. The Kier molecular flexibility index (Phi) is 5.36. The molecule has 1 atom stereocenters. The molecule has 1 unspecified atom stereocenters. The quantitative estimate of drug-likeness (QED) is 0.776. The largest absolute Gasteiger partial charge is 0.475 e. The lowest BCUT2D eigenvalue weighted by atomic mass is 10.1. The molecule has 0 aliphatic heterocycles. The summed E-state index contributed by atoms with van der Waals surface area (Å²) in [6.07, 6.45) is 2.32. The fraction of sp³-hybridized carbons (Fsp3) is 0.471. The number of para-hydroxylation sites is 1. The molecule has 2 rings (SSSR count). The fourth-order valence-corrected chi connectivity index (χ4v) is 2.12. The molecule has 1 aromatic carbocycles. The van der Waals surface area contributed by atoms with Crippen LogP contribution in [0.25, 0.3) is 10.9 Å². The molecule has 0 aliphatic carbocycles.